The first-order chi connectivity index (χ1) is 8.17. The molecule has 0 aromatic carbocycles. The van der Waals surface area contributed by atoms with E-state index < -0.39 is 12.0 Å². The number of rotatable bonds is 3. The van der Waals surface area contributed by atoms with Gasteiger partial charge >= 0.3 is 5.97 Å². The van der Waals surface area contributed by atoms with Crippen LogP contribution in [0.5, 0.6) is 0 Å². The average Bonchev–Trinajstić information content (AvgIpc) is 2.23. The van der Waals surface area contributed by atoms with Gasteiger partial charge in [-0.3, -0.25) is 9.59 Å². The molecular weight excluding hydrogens is 232 g/mol. The van der Waals surface area contributed by atoms with Crippen LogP contribution in [-0.4, -0.2) is 29.1 Å². The van der Waals surface area contributed by atoms with Crippen LogP contribution in [0.25, 0.3) is 0 Å². The van der Waals surface area contributed by atoms with Crippen molar-refractivity contribution in [1.82, 2.24) is 5.32 Å². The summed E-state index contributed by atoms with van der Waals surface area (Å²) in [6.45, 7) is 7.57. The summed E-state index contributed by atoms with van der Waals surface area (Å²) in [5.74, 6) is -1.16. The van der Waals surface area contributed by atoms with Crippen LogP contribution in [0.2, 0.25) is 0 Å². The van der Waals surface area contributed by atoms with Gasteiger partial charge < -0.3 is 16.2 Å². The summed E-state index contributed by atoms with van der Waals surface area (Å²) >= 11 is 0. The topological polar surface area (TPSA) is 92.4 Å². The molecule has 0 saturated heterocycles. The van der Waals surface area contributed by atoms with Crippen LogP contribution in [-0.2, 0) is 9.59 Å². The number of carbonyl (C=O) groups is 2. The minimum atomic E-state index is -0.746. The second kappa shape index (κ2) is 5.26. The molecule has 1 rings (SSSR count). The molecule has 1 saturated carbocycles. The molecule has 0 heterocycles. The number of carboxylic acid groups (broad SMARTS) is 1. The Bertz CT molecular complexity index is 339. The van der Waals surface area contributed by atoms with Crippen LogP contribution in [0.4, 0.5) is 0 Å². The van der Waals surface area contributed by atoms with Gasteiger partial charge in [-0.15, -0.1) is 0 Å². The van der Waals surface area contributed by atoms with E-state index in [0.717, 1.165) is 0 Å². The van der Waals surface area contributed by atoms with Crippen molar-refractivity contribution in [2.45, 2.75) is 52.6 Å². The molecule has 1 fully saturated rings. The van der Waals surface area contributed by atoms with Gasteiger partial charge in [0.25, 0.3) is 0 Å². The number of amides is 1. The average molecular weight is 256 g/mol. The number of hydrogen-bond donors (Lipinski definition) is 3. The van der Waals surface area contributed by atoms with E-state index in [1.165, 1.54) is 0 Å². The third-order valence-electron chi connectivity index (χ3n) is 4.48. The minimum Gasteiger partial charge on any atom is -0.481 e. The van der Waals surface area contributed by atoms with E-state index in [9.17, 15) is 14.7 Å². The molecule has 1 amide bonds. The molecule has 0 aromatic rings. The molecule has 104 valence electrons. The molecule has 0 bridgehead atoms. The highest BCUT2D eigenvalue weighted by molar-refractivity contribution is 5.81. The van der Waals surface area contributed by atoms with Gasteiger partial charge in [-0.2, -0.15) is 0 Å². The lowest BCUT2D eigenvalue weighted by Gasteiger charge is -2.46. The van der Waals surface area contributed by atoms with Crippen LogP contribution in [0.15, 0.2) is 0 Å². The van der Waals surface area contributed by atoms with Crippen molar-refractivity contribution in [2.75, 3.05) is 0 Å². The lowest BCUT2D eigenvalue weighted by Crippen LogP contribution is -2.54. The highest BCUT2D eigenvalue weighted by atomic mass is 16.4. The molecule has 1 aliphatic rings. The summed E-state index contributed by atoms with van der Waals surface area (Å²) < 4.78 is 0. The Balaban J connectivity index is 2.78. The van der Waals surface area contributed by atoms with Crippen LogP contribution < -0.4 is 11.1 Å². The predicted molar refractivity (Wildman–Crippen MR) is 68.9 cm³/mol. The highest BCUT2D eigenvalue weighted by Crippen LogP contribution is 2.45. The molecular formula is C13H24N2O3. The molecule has 4 unspecified atom stereocenters. The van der Waals surface area contributed by atoms with Gasteiger partial charge in [0.15, 0.2) is 0 Å². The number of carboxylic acids is 1. The molecule has 0 aliphatic heterocycles. The number of aliphatic carboxylic acids is 1. The Morgan fingerprint density at radius 2 is 1.94 bits per heavy atom. The molecule has 18 heavy (non-hydrogen) atoms. The van der Waals surface area contributed by atoms with Gasteiger partial charge in [0.1, 0.15) is 0 Å². The van der Waals surface area contributed by atoms with Gasteiger partial charge in [-0.25, -0.2) is 0 Å². The largest absolute Gasteiger partial charge is 0.481 e. The van der Waals surface area contributed by atoms with Crippen molar-refractivity contribution in [3.8, 4) is 0 Å². The molecule has 0 radical (unpaired) electrons. The van der Waals surface area contributed by atoms with E-state index in [2.05, 4.69) is 5.32 Å². The Hall–Kier alpha value is -1.10. The summed E-state index contributed by atoms with van der Waals surface area (Å²) in [6, 6.07) is -0.522. The van der Waals surface area contributed by atoms with Crippen LogP contribution >= 0.6 is 0 Å². The monoisotopic (exact) mass is 256 g/mol. The van der Waals surface area contributed by atoms with Crippen LogP contribution in [0.1, 0.15) is 40.5 Å². The van der Waals surface area contributed by atoms with Crippen molar-refractivity contribution in [3.05, 3.63) is 0 Å². The zero-order valence-electron chi connectivity index (χ0n) is 11.6. The molecule has 5 nitrogen and oxygen atoms in total. The summed E-state index contributed by atoms with van der Waals surface area (Å²) in [7, 11) is 0. The predicted octanol–water partition coefficient (Wildman–Crippen LogP) is 0.975. The second-order valence-electron chi connectivity index (χ2n) is 5.98. The van der Waals surface area contributed by atoms with E-state index in [1.54, 1.807) is 6.92 Å². The van der Waals surface area contributed by atoms with Gasteiger partial charge in [-0.1, -0.05) is 20.8 Å². The van der Waals surface area contributed by atoms with Crippen molar-refractivity contribution in [3.63, 3.8) is 0 Å². The van der Waals surface area contributed by atoms with Gasteiger partial charge in [0.2, 0.25) is 5.91 Å². The Labute approximate surface area is 108 Å². The number of nitrogens with two attached hydrogens (primary N) is 1. The van der Waals surface area contributed by atoms with E-state index in [1.807, 2.05) is 20.8 Å². The first kappa shape index (κ1) is 15.0. The van der Waals surface area contributed by atoms with Crippen LogP contribution in [0.3, 0.4) is 0 Å². The second-order valence-corrected chi connectivity index (χ2v) is 5.98. The fraction of sp³-hybridized carbons (Fsp3) is 0.846. The normalized spacial score (nSPS) is 32.6. The molecule has 4 atom stereocenters. The minimum absolute atomic E-state index is 0.00843. The first-order valence-electron chi connectivity index (χ1n) is 6.46. The summed E-state index contributed by atoms with van der Waals surface area (Å²) in [5, 5.41) is 12.2. The van der Waals surface area contributed by atoms with E-state index in [-0.39, 0.29) is 29.2 Å². The summed E-state index contributed by atoms with van der Waals surface area (Å²) in [6.07, 6.45) is 1.29. The molecule has 5 heteroatoms. The third kappa shape index (κ3) is 2.83. The number of carbonyl (C=O) groups excluding carboxylic acids is 1. The maximum atomic E-state index is 11.6. The fourth-order valence-corrected chi connectivity index (χ4v) is 2.76. The van der Waals surface area contributed by atoms with Crippen molar-refractivity contribution < 1.29 is 14.7 Å². The SMILES string of the molecule is CC(N)C(=O)NC1CCC(C(=O)O)C(C)(C)C1C. The van der Waals surface area contributed by atoms with Gasteiger partial charge in [0, 0.05) is 6.04 Å². The van der Waals surface area contributed by atoms with E-state index in [0.29, 0.717) is 12.8 Å². The Kier molecular flexibility index (Phi) is 4.37. The summed E-state index contributed by atoms with van der Waals surface area (Å²) in [4.78, 5) is 22.9. The van der Waals surface area contributed by atoms with Crippen molar-refractivity contribution in [2.24, 2.45) is 23.0 Å². The lowest BCUT2D eigenvalue weighted by atomic mass is 9.61. The van der Waals surface area contributed by atoms with Gasteiger partial charge in [0.05, 0.1) is 12.0 Å². The quantitative estimate of drug-likeness (QED) is 0.701. The number of hydrogen-bond acceptors (Lipinski definition) is 3. The summed E-state index contributed by atoms with van der Waals surface area (Å²) in [5.41, 5.74) is 5.20. The molecule has 1 aliphatic carbocycles. The molecule has 4 N–H and O–H groups in total. The third-order valence-corrected chi connectivity index (χ3v) is 4.48. The lowest BCUT2D eigenvalue weighted by molar-refractivity contribution is -0.150. The van der Waals surface area contributed by atoms with Crippen molar-refractivity contribution >= 4 is 11.9 Å². The Morgan fingerprint density at radius 3 is 2.39 bits per heavy atom. The van der Waals surface area contributed by atoms with Crippen LogP contribution in [0, 0.1) is 17.3 Å². The van der Waals surface area contributed by atoms with Gasteiger partial charge in [-0.05, 0) is 31.1 Å². The van der Waals surface area contributed by atoms with E-state index in [4.69, 9.17) is 5.73 Å². The number of nitrogens with one attached hydrogen (secondary N) is 1. The fourth-order valence-electron chi connectivity index (χ4n) is 2.76. The molecule has 0 spiro atoms. The standard InChI is InChI=1S/C13H24N2O3/c1-7-10(15-11(16)8(2)14)6-5-9(12(17)18)13(7,3)4/h7-10H,5-6,14H2,1-4H3,(H,15,16)(H,17,18). The van der Waals surface area contributed by atoms with Crippen molar-refractivity contribution in [1.29, 1.82) is 0 Å². The smallest absolute Gasteiger partial charge is 0.307 e. The zero-order chi connectivity index (χ0) is 14.1. The first-order valence-corrected chi connectivity index (χ1v) is 6.46. The van der Waals surface area contributed by atoms with E-state index >= 15 is 0 Å². The molecule has 0 aromatic heterocycles. The zero-order valence-corrected chi connectivity index (χ0v) is 11.6. The highest BCUT2D eigenvalue weighted by Gasteiger charge is 2.46. The maximum Gasteiger partial charge on any atom is 0.307 e. The Morgan fingerprint density at radius 1 is 1.39 bits per heavy atom. The maximum absolute atomic E-state index is 11.6.